The summed E-state index contributed by atoms with van der Waals surface area (Å²) < 4.78 is 0. The number of likely N-dealkylation sites (N-methyl/N-ethyl adjacent to an activating group) is 1. The van der Waals surface area contributed by atoms with E-state index >= 15 is 0 Å². The summed E-state index contributed by atoms with van der Waals surface area (Å²) in [4.78, 5) is 25.1. The van der Waals surface area contributed by atoms with Gasteiger partial charge in [-0.05, 0) is 37.3 Å². The lowest BCUT2D eigenvalue weighted by atomic mass is 9.84. The fraction of sp³-hybridized carbons (Fsp3) is 0.579. The Morgan fingerprint density at radius 1 is 1.25 bits per heavy atom. The fourth-order valence-corrected chi connectivity index (χ4v) is 3.41. The molecule has 2 rings (SSSR count). The summed E-state index contributed by atoms with van der Waals surface area (Å²) in [6, 6.07) is 10.6. The zero-order valence-corrected chi connectivity index (χ0v) is 14.6. The van der Waals surface area contributed by atoms with Gasteiger partial charge in [0.2, 0.25) is 5.91 Å². The second-order valence-corrected chi connectivity index (χ2v) is 6.57. The van der Waals surface area contributed by atoms with Crippen LogP contribution in [0, 0.1) is 0 Å². The summed E-state index contributed by atoms with van der Waals surface area (Å²) >= 11 is 0. The number of benzene rings is 1. The van der Waals surface area contributed by atoms with Crippen LogP contribution in [-0.2, 0) is 9.59 Å². The summed E-state index contributed by atoms with van der Waals surface area (Å²) in [6.07, 6.45) is 3.13. The highest BCUT2D eigenvalue weighted by molar-refractivity contribution is 5.77. The van der Waals surface area contributed by atoms with Crippen molar-refractivity contribution in [3.63, 3.8) is 0 Å². The van der Waals surface area contributed by atoms with Crippen molar-refractivity contribution in [2.24, 2.45) is 0 Å². The van der Waals surface area contributed by atoms with Crippen molar-refractivity contribution in [2.45, 2.75) is 57.5 Å². The summed E-state index contributed by atoms with van der Waals surface area (Å²) in [5.74, 6) is -0.449. The summed E-state index contributed by atoms with van der Waals surface area (Å²) in [5, 5.41) is 12.0. The third-order valence-electron chi connectivity index (χ3n) is 4.93. The predicted molar refractivity (Wildman–Crippen MR) is 93.9 cm³/mol. The molecule has 0 heterocycles. The molecule has 1 atom stereocenters. The Hall–Kier alpha value is -1.88. The number of nitrogens with one attached hydrogen (secondary N) is 1. The maximum atomic E-state index is 12.3. The molecule has 0 saturated heterocycles. The standard InChI is InChI=1S/C19H28N2O3/c1-3-14(15-8-6-5-7-9-15)10-18(22)20-16-11-17(12-16)21(4-2)13-19(23)24/h5-9,14,16-17H,3-4,10-13H2,1-2H3,(H,20,22)(H,23,24). The third kappa shape index (κ3) is 5.06. The molecule has 1 fully saturated rings. The number of aliphatic carboxylic acids is 1. The Kier molecular flexibility index (Phi) is 6.79. The molecule has 1 aromatic rings. The van der Waals surface area contributed by atoms with Gasteiger partial charge in [0.15, 0.2) is 0 Å². The molecule has 0 spiro atoms. The van der Waals surface area contributed by atoms with E-state index in [4.69, 9.17) is 5.11 Å². The largest absolute Gasteiger partial charge is 0.480 e. The minimum atomic E-state index is -0.794. The molecule has 1 aromatic carbocycles. The number of carbonyl (C=O) groups is 2. The van der Waals surface area contributed by atoms with Gasteiger partial charge in [-0.25, -0.2) is 0 Å². The van der Waals surface area contributed by atoms with Crippen LogP contribution in [0.1, 0.15) is 51.0 Å². The average Bonchev–Trinajstić information content (AvgIpc) is 2.54. The number of nitrogens with zero attached hydrogens (tertiary/aromatic N) is 1. The van der Waals surface area contributed by atoms with Gasteiger partial charge in [-0.1, -0.05) is 44.2 Å². The number of rotatable bonds is 9. The van der Waals surface area contributed by atoms with Crippen molar-refractivity contribution in [2.75, 3.05) is 13.1 Å². The van der Waals surface area contributed by atoms with Crippen molar-refractivity contribution >= 4 is 11.9 Å². The molecular weight excluding hydrogens is 304 g/mol. The molecule has 2 N–H and O–H groups in total. The zero-order chi connectivity index (χ0) is 17.5. The van der Waals surface area contributed by atoms with Crippen molar-refractivity contribution in [3.8, 4) is 0 Å². The smallest absolute Gasteiger partial charge is 0.317 e. The second-order valence-electron chi connectivity index (χ2n) is 6.57. The van der Waals surface area contributed by atoms with E-state index < -0.39 is 5.97 Å². The van der Waals surface area contributed by atoms with E-state index in [1.165, 1.54) is 5.56 Å². The highest BCUT2D eigenvalue weighted by Crippen LogP contribution is 2.27. The lowest BCUT2D eigenvalue weighted by molar-refractivity contribution is -0.139. The molecule has 1 aliphatic rings. The summed E-state index contributed by atoms with van der Waals surface area (Å²) in [7, 11) is 0. The van der Waals surface area contributed by atoms with Gasteiger partial charge in [0.25, 0.3) is 0 Å². The van der Waals surface area contributed by atoms with E-state index in [2.05, 4.69) is 24.4 Å². The zero-order valence-electron chi connectivity index (χ0n) is 14.6. The SMILES string of the molecule is CCC(CC(=O)NC1CC(N(CC)CC(=O)O)C1)c1ccccc1. The van der Waals surface area contributed by atoms with Crippen molar-refractivity contribution in [3.05, 3.63) is 35.9 Å². The maximum Gasteiger partial charge on any atom is 0.317 e. The van der Waals surface area contributed by atoms with Crippen LogP contribution in [0.15, 0.2) is 30.3 Å². The van der Waals surface area contributed by atoms with Gasteiger partial charge in [0.1, 0.15) is 0 Å². The van der Waals surface area contributed by atoms with E-state index in [0.29, 0.717) is 6.42 Å². The van der Waals surface area contributed by atoms with Crippen molar-refractivity contribution in [1.29, 1.82) is 0 Å². The predicted octanol–water partition coefficient (Wildman–Crippen LogP) is 2.62. The van der Waals surface area contributed by atoms with Crippen LogP contribution in [0.4, 0.5) is 0 Å². The van der Waals surface area contributed by atoms with E-state index in [1.807, 2.05) is 30.0 Å². The van der Waals surface area contributed by atoms with E-state index in [-0.39, 0.29) is 30.5 Å². The van der Waals surface area contributed by atoms with Crippen molar-refractivity contribution in [1.82, 2.24) is 10.2 Å². The highest BCUT2D eigenvalue weighted by atomic mass is 16.4. The Morgan fingerprint density at radius 2 is 1.92 bits per heavy atom. The number of carboxylic acids is 1. The molecule has 5 heteroatoms. The molecule has 132 valence electrons. The van der Waals surface area contributed by atoms with Gasteiger partial charge < -0.3 is 10.4 Å². The van der Waals surface area contributed by atoms with Gasteiger partial charge in [-0.3, -0.25) is 14.5 Å². The molecule has 0 radical (unpaired) electrons. The lowest BCUT2D eigenvalue weighted by Gasteiger charge is -2.42. The van der Waals surface area contributed by atoms with E-state index in [1.54, 1.807) is 0 Å². The molecule has 0 aliphatic heterocycles. The third-order valence-corrected chi connectivity index (χ3v) is 4.93. The van der Waals surface area contributed by atoms with Crippen LogP contribution < -0.4 is 5.32 Å². The fourth-order valence-electron chi connectivity index (χ4n) is 3.41. The first-order valence-corrected chi connectivity index (χ1v) is 8.83. The monoisotopic (exact) mass is 332 g/mol. The van der Waals surface area contributed by atoms with Crippen LogP contribution in [0.3, 0.4) is 0 Å². The summed E-state index contributed by atoms with van der Waals surface area (Å²) in [6.45, 7) is 4.88. The maximum absolute atomic E-state index is 12.3. The van der Waals surface area contributed by atoms with Gasteiger partial charge >= 0.3 is 5.97 Å². The lowest BCUT2D eigenvalue weighted by Crippen LogP contribution is -2.54. The second kappa shape index (κ2) is 8.83. The van der Waals surface area contributed by atoms with Crippen LogP contribution in [0.25, 0.3) is 0 Å². The topological polar surface area (TPSA) is 69.6 Å². The molecule has 1 unspecified atom stereocenters. The molecular formula is C19H28N2O3. The van der Waals surface area contributed by atoms with Gasteiger partial charge in [-0.15, -0.1) is 0 Å². The minimum absolute atomic E-state index is 0.0771. The number of amides is 1. The number of carboxylic acid groups (broad SMARTS) is 1. The van der Waals surface area contributed by atoms with E-state index in [0.717, 1.165) is 25.8 Å². The molecule has 0 bridgehead atoms. The Balaban J connectivity index is 1.77. The van der Waals surface area contributed by atoms with Gasteiger partial charge in [0, 0.05) is 18.5 Å². The quantitative estimate of drug-likeness (QED) is 0.729. The first-order chi connectivity index (χ1) is 11.5. The molecule has 5 nitrogen and oxygen atoms in total. The molecule has 0 aromatic heterocycles. The molecule has 1 aliphatic carbocycles. The molecule has 1 amide bonds. The number of hydrogen-bond acceptors (Lipinski definition) is 3. The van der Waals surface area contributed by atoms with Crippen LogP contribution in [0.2, 0.25) is 0 Å². The number of hydrogen-bond donors (Lipinski definition) is 2. The Labute approximate surface area is 144 Å². The van der Waals surface area contributed by atoms with E-state index in [9.17, 15) is 9.59 Å². The normalized spacial score (nSPS) is 21.1. The molecule has 1 saturated carbocycles. The van der Waals surface area contributed by atoms with Gasteiger partial charge in [0.05, 0.1) is 6.54 Å². The summed E-state index contributed by atoms with van der Waals surface area (Å²) in [5.41, 5.74) is 1.21. The Morgan fingerprint density at radius 3 is 2.46 bits per heavy atom. The average molecular weight is 332 g/mol. The number of carbonyl (C=O) groups excluding carboxylic acids is 1. The van der Waals surface area contributed by atoms with Gasteiger partial charge in [-0.2, -0.15) is 0 Å². The van der Waals surface area contributed by atoms with Crippen molar-refractivity contribution < 1.29 is 14.7 Å². The molecule has 24 heavy (non-hydrogen) atoms. The van der Waals surface area contributed by atoms with Crippen LogP contribution in [-0.4, -0.2) is 47.1 Å². The van der Waals surface area contributed by atoms with Crippen LogP contribution >= 0.6 is 0 Å². The van der Waals surface area contributed by atoms with Crippen LogP contribution in [0.5, 0.6) is 0 Å². The Bertz CT molecular complexity index is 541. The first-order valence-electron chi connectivity index (χ1n) is 8.83. The minimum Gasteiger partial charge on any atom is -0.480 e. The first kappa shape index (κ1) is 18.5. The highest BCUT2D eigenvalue weighted by Gasteiger charge is 2.34.